The molecule has 0 saturated carbocycles. The molecule has 0 aliphatic carbocycles. The molecule has 0 spiro atoms. The second-order valence-corrected chi connectivity index (χ2v) is 5.24. The van der Waals surface area contributed by atoms with Gasteiger partial charge in [-0.05, 0) is 38.1 Å². The fourth-order valence-electron chi connectivity index (χ4n) is 1.35. The van der Waals surface area contributed by atoms with Gasteiger partial charge in [0.05, 0.1) is 0 Å². The normalized spacial score (nSPS) is 10.8. The minimum absolute atomic E-state index is 0.0208. The molecule has 1 aromatic rings. The Hall–Kier alpha value is -1.69. The van der Waals surface area contributed by atoms with E-state index in [4.69, 9.17) is 4.74 Å². The first-order valence-corrected chi connectivity index (χ1v) is 6.77. The zero-order valence-corrected chi connectivity index (χ0v) is 12.7. The van der Waals surface area contributed by atoms with Gasteiger partial charge in [-0.3, -0.25) is 4.79 Å². The van der Waals surface area contributed by atoms with Crippen LogP contribution in [0.5, 0.6) is 0 Å². The summed E-state index contributed by atoms with van der Waals surface area (Å²) in [6.07, 6.45) is 2.37. The van der Waals surface area contributed by atoms with E-state index in [0.717, 1.165) is 6.08 Å². The smallest absolute Gasteiger partial charge is 0.331 e. The van der Waals surface area contributed by atoms with Crippen molar-refractivity contribution in [1.29, 1.82) is 0 Å². The molecule has 0 fully saturated rings. The topological polar surface area (TPSA) is 55.4 Å². The Kier molecular flexibility index (Phi) is 6.38. The quantitative estimate of drug-likeness (QED) is 0.660. The van der Waals surface area contributed by atoms with Crippen molar-refractivity contribution < 1.29 is 18.7 Å². The molecule has 0 heterocycles. The first-order chi connectivity index (χ1) is 9.38. The molecule has 0 atom stereocenters. The molecule has 108 valence electrons. The summed E-state index contributed by atoms with van der Waals surface area (Å²) in [6, 6.07) is 4.35. The lowest BCUT2D eigenvalue weighted by Gasteiger charge is -2.07. The standard InChI is InChI=1S/C14H15BrFNO3/c1-9(2)17-13(18)8-20-14(19)6-3-10-7-11(15)4-5-12(10)16/h3-7,9H,8H2,1-2H3,(H,17,18)/b6-3+. The van der Waals surface area contributed by atoms with Crippen LogP contribution in [0.3, 0.4) is 0 Å². The minimum Gasteiger partial charge on any atom is -0.452 e. The van der Waals surface area contributed by atoms with E-state index in [1.165, 1.54) is 18.2 Å². The van der Waals surface area contributed by atoms with Crippen LogP contribution < -0.4 is 5.32 Å². The predicted molar refractivity (Wildman–Crippen MR) is 77.4 cm³/mol. The van der Waals surface area contributed by atoms with Crippen LogP contribution in [0.25, 0.3) is 6.08 Å². The summed E-state index contributed by atoms with van der Waals surface area (Å²) in [5, 5.41) is 2.58. The zero-order valence-electron chi connectivity index (χ0n) is 11.2. The molecular weight excluding hydrogens is 329 g/mol. The second-order valence-electron chi connectivity index (χ2n) is 4.33. The number of nitrogens with one attached hydrogen (secondary N) is 1. The molecule has 0 aromatic heterocycles. The van der Waals surface area contributed by atoms with Crippen LogP contribution in [0.4, 0.5) is 4.39 Å². The maximum absolute atomic E-state index is 13.4. The van der Waals surface area contributed by atoms with Crippen LogP contribution in [0.2, 0.25) is 0 Å². The van der Waals surface area contributed by atoms with E-state index in [0.29, 0.717) is 4.47 Å². The average molecular weight is 344 g/mol. The van der Waals surface area contributed by atoms with Gasteiger partial charge >= 0.3 is 5.97 Å². The fraction of sp³-hybridized carbons (Fsp3) is 0.286. The lowest BCUT2D eigenvalue weighted by molar-refractivity contribution is -0.143. The number of rotatable bonds is 5. The van der Waals surface area contributed by atoms with Gasteiger partial charge in [-0.25, -0.2) is 9.18 Å². The molecule has 0 aliphatic rings. The number of carbonyl (C=O) groups excluding carboxylic acids is 2. The SMILES string of the molecule is CC(C)NC(=O)COC(=O)/C=C/c1cc(Br)ccc1F. The third-order valence-electron chi connectivity index (χ3n) is 2.15. The van der Waals surface area contributed by atoms with E-state index in [9.17, 15) is 14.0 Å². The monoisotopic (exact) mass is 343 g/mol. The van der Waals surface area contributed by atoms with Crippen LogP contribution in [-0.4, -0.2) is 24.5 Å². The van der Waals surface area contributed by atoms with E-state index >= 15 is 0 Å². The maximum atomic E-state index is 13.4. The number of halogens is 2. The van der Waals surface area contributed by atoms with Gasteiger partial charge in [0.1, 0.15) is 5.82 Å². The molecule has 1 amide bonds. The van der Waals surface area contributed by atoms with Gasteiger partial charge in [0.2, 0.25) is 0 Å². The van der Waals surface area contributed by atoms with E-state index in [1.807, 2.05) is 0 Å². The van der Waals surface area contributed by atoms with Gasteiger partial charge in [-0.15, -0.1) is 0 Å². The highest BCUT2D eigenvalue weighted by Gasteiger charge is 2.06. The predicted octanol–water partition coefficient (Wildman–Crippen LogP) is 2.67. The van der Waals surface area contributed by atoms with Crippen LogP contribution >= 0.6 is 15.9 Å². The Bertz CT molecular complexity index is 529. The number of ether oxygens (including phenoxy) is 1. The highest BCUT2D eigenvalue weighted by Crippen LogP contribution is 2.16. The summed E-state index contributed by atoms with van der Waals surface area (Å²) in [4.78, 5) is 22.6. The van der Waals surface area contributed by atoms with Crippen LogP contribution in [0, 0.1) is 5.82 Å². The number of amides is 1. The van der Waals surface area contributed by atoms with Gasteiger partial charge in [-0.2, -0.15) is 0 Å². The van der Waals surface area contributed by atoms with Gasteiger partial charge < -0.3 is 10.1 Å². The first-order valence-electron chi connectivity index (χ1n) is 5.97. The van der Waals surface area contributed by atoms with Crippen molar-refractivity contribution in [2.45, 2.75) is 19.9 Å². The maximum Gasteiger partial charge on any atom is 0.331 e. The lowest BCUT2D eigenvalue weighted by atomic mass is 10.2. The number of hydrogen-bond donors (Lipinski definition) is 1. The highest BCUT2D eigenvalue weighted by molar-refractivity contribution is 9.10. The molecule has 1 aromatic carbocycles. The molecule has 0 radical (unpaired) electrons. The molecule has 4 nitrogen and oxygen atoms in total. The minimum atomic E-state index is -0.705. The fourth-order valence-corrected chi connectivity index (χ4v) is 1.73. The summed E-state index contributed by atoms with van der Waals surface area (Å²) >= 11 is 3.21. The Morgan fingerprint density at radius 2 is 2.15 bits per heavy atom. The van der Waals surface area contributed by atoms with Crippen molar-refractivity contribution in [2.24, 2.45) is 0 Å². The lowest BCUT2D eigenvalue weighted by Crippen LogP contribution is -2.33. The molecule has 20 heavy (non-hydrogen) atoms. The molecular formula is C14H15BrFNO3. The third kappa shape index (κ3) is 5.97. The Labute approximate surface area is 125 Å². The highest BCUT2D eigenvalue weighted by atomic mass is 79.9. The number of benzene rings is 1. The molecule has 1 N–H and O–H groups in total. The zero-order chi connectivity index (χ0) is 15.1. The van der Waals surface area contributed by atoms with Gasteiger partial charge in [-0.1, -0.05) is 15.9 Å². The Balaban J connectivity index is 2.51. The summed E-state index contributed by atoms with van der Waals surface area (Å²) in [5.74, 6) is -1.53. The van der Waals surface area contributed by atoms with Crippen LogP contribution in [0.15, 0.2) is 28.7 Å². The van der Waals surface area contributed by atoms with E-state index in [-0.39, 0.29) is 24.1 Å². The van der Waals surface area contributed by atoms with Crippen molar-refractivity contribution >= 4 is 33.9 Å². The summed E-state index contributed by atoms with van der Waals surface area (Å²) in [7, 11) is 0. The average Bonchev–Trinajstić information content (AvgIpc) is 2.36. The van der Waals surface area contributed by atoms with E-state index < -0.39 is 11.8 Å². The first kappa shape index (κ1) is 16.4. The van der Waals surface area contributed by atoms with Crippen molar-refractivity contribution in [2.75, 3.05) is 6.61 Å². The summed E-state index contributed by atoms with van der Waals surface area (Å²) < 4.78 is 18.8. The van der Waals surface area contributed by atoms with E-state index in [2.05, 4.69) is 21.2 Å². The van der Waals surface area contributed by atoms with Crippen molar-refractivity contribution in [3.8, 4) is 0 Å². The molecule has 6 heteroatoms. The second kappa shape index (κ2) is 7.79. The van der Waals surface area contributed by atoms with Gasteiger partial charge in [0.15, 0.2) is 6.61 Å². The Morgan fingerprint density at radius 1 is 1.45 bits per heavy atom. The van der Waals surface area contributed by atoms with E-state index in [1.54, 1.807) is 19.9 Å². The Morgan fingerprint density at radius 3 is 2.80 bits per heavy atom. The summed E-state index contributed by atoms with van der Waals surface area (Å²) in [5.41, 5.74) is 0.253. The van der Waals surface area contributed by atoms with Crippen LogP contribution in [-0.2, 0) is 14.3 Å². The van der Waals surface area contributed by atoms with Crippen molar-refractivity contribution in [3.05, 3.63) is 40.1 Å². The molecule has 0 saturated heterocycles. The van der Waals surface area contributed by atoms with Gasteiger partial charge in [0, 0.05) is 22.2 Å². The molecule has 1 rings (SSSR count). The number of hydrogen-bond acceptors (Lipinski definition) is 3. The third-order valence-corrected chi connectivity index (χ3v) is 2.65. The van der Waals surface area contributed by atoms with Gasteiger partial charge in [0.25, 0.3) is 5.91 Å². The largest absolute Gasteiger partial charge is 0.452 e. The molecule has 0 unspecified atom stereocenters. The number of esters is 1. The van der Waals surface area contributed by atoms with Crippen LogP contribution in [0.1, 0.15) is 19.4 Å². The summed E-state index contributed by atoms with van der Waals surface area (Å²) in [6.45, 7) is 3.24. The van der Waals surface area contributed by atoms with Crippen molar-refractivity contribution in [1.82, 2.24) is 5.32 Å². The molecule has 0 aliphatic heterocycles. The number of carbonyl (C=O) groups is 2. The van der Waals surface area contributed by atoms with Crippen molar-refractivity contribution in [3.63, 3.8) is 0 Å². The molecule has 0 bridgehead atoms.